The fraction of sp³-hybridized carbons (Fsp3) is 0.571. The second-order valence-electron chi connectivity index (χ2n) is 12.6. The van der Waals surface area contributed by atoms with Crippen LogP contribution in [0.1, 0.15) is 71.0 Å². The van der Waals surface area contributed by atoms with Crippen LogP contribution in [-0.2, 0) is 27.8 Å². The van der Waals surface area contributed by atoms with Crippen molar-refractivity contribution in [1.29, 1.82) is 0 Å². The Morgan fingerprint density at radius 1 is 1.19 bits per heavy atom. The van der Waals surface area contributed by atoms with E-state index in [9.17, 15) is 49.1 Å². The van der Waals surface area contributed by atoms with E-state index in [2.05, 4.69) is 15.1 Å². The molecule has 2 N–H and O–H groups in total. The number of alkyl halides is 7. The number of halogens is 8. The molecule has 3 heterocycles. The normalized spacial score (nSPS) is 17.7. The first-order chi connectivity index (χ1) is 21.9. The summed E-state index contributed by atoms with van der Waals surface area (Å²) in [5.41, 5.74) is -4.62. The zero-order valence-corrected chi connectivity index (χ0v) is 27.7. The largest absolute Gasteiger partial charge is 0.481 e. The van der Waals surface area contributed by atoms with Gasteiger partial charge in [-0.15, -0.1) is 11.3 Å². The molecule has 3 aromatic rings. The first kappa shape index (κ1) is 37.6. The SMILES string of the molecule is CCC(NS(=O)(=O)c1ccc(-c2sc(-c3noc(CC(C)(C)C(=O)O)n3)nc2CN2CC(F)(F)CC2(C)C)c(C(F)F)c1F)C(F)(F)F. The lowest BCUT2D eigenvalue weighted by Gasteiger charge is -2.30. The molecule has 0 saturated carbocycles. The molecule has 1 unspecified atom stereocenters. The highest BCUT2D eigenvalue weighted by Crippen LogP contribution is 2.45. The highest BCUT2D eigenvalue weighted by Gasteiger charge is 2.50. The maximum atomic E-state index is 15.7. The number of likely N-dealkylation sites (tertiary alicyclic amines) is 1. The van der Waals surface area contributed by atoms with Gasteiger partial charge in [0.1, 0.15) is 10.9 Å². The fourth-order valence-corrected chi connectivity index (χ4v) is 7.64. The van der Waals surface area contributed by atoms with Crippen molar-refractivity contribution in [2.24, 2.45) is 5.41 Å². The third-order valence-corrected chi connectivity index (χ3v) is 10.5. The van der Waals surface area contributed by atoms with Crippen LogP contribution in [0.15, 0.2) is 21.6 Å². The Labute approximate surface area is 273 Å². The number of aromatic nitrogens is 3. The summed E-state index contributed by atoms with van der Waals surface area (Å²) in [6.45, 7) is 5.76. The average molecular weight is 734 g/mol. The van der Waals surface area contributed by atoms with Gasteiger partial charge in [0, 0.05) is 30.5 Å². The molecule has 0 spiro atoms. The van der Waals surface area contributed by atoms with Gasteiger partial charge in [0.25, 0.3) is 12.3 Å². The number of carboxylic acids is 1. The van der Waals surface area contributed by atoms with Crippen LogP contribution in [0.4, 0.5) is 35.1 Å². The molecule has 1 aliphatic heterocycles. The topological polar surface area (TPSA) is 139 Å². The summed E-state index contributed by atoms with van der Waals surface area (Å²) in [5.74, 6) is -6.65. The predicted octanol–water partition coefficient (Wildman–Crippen LogP) is 6.83. The Morgan fingerprint density at radius 3 is 2.35 bits per heavy atom. The van der Waals surface area contributed by atoms with Crippen molar-refractivity contribution in [3.05, 3.63) is 35.1 Å². The maximum Gasteiger partial charge on any atom is 0.404 e. The van der Waals surface area contributed by atoms with Gasteiger partial charge in [-0.05, 0) is 40.2 Å². The maximum absolute atomic E-state index is 15.7. The van der Waals surface area contributed by atoms with Gasteiger partial charge in [-0.25, -0.2) is 35.4 Å². The third kappa shape index (κ3) is 7.81. The highest BCUT2D eigenvalue weighted by atomic mass is 32.2. The molecule has 1 fully saturated rings. The number of rotatable bonds is 12. The van der Waals surface area contributed by atoms with Crippen molar-refractivity contribution in [3.63, 3.8) is 0 Å². The molecule has 1 aromatic carbocycles. The van der Waals surface area contributed by atoms with Gasteiger partial charge in [-0.1, -0.05) is 18.1 Å². The quantitative estimate of drug-likeness (QED) is 0.192. The molecular formula is C28H31F8N5O5S2. The van der Waals surface area contributed by atoms with E-state index in [4.69, 9.17) is 4.52 Å². The number of carbonyl (C=O) groups is 1. The van der Waals surface area contributed by atoms with Crippen LogP contribution in [0, 0.1) is 11.2 Å². The average Bonchev–Trinajstić information content (AvgIpc) is 3.61. The van der Waals surface area contributed by atoms with E-state index in [0.29, 0.717) is 17.4 Å². The Bertz CT molecular complexity index is 1790. The van der Waals surface area contributed by atoms with Gasteiger partial charge in [0.2, 0.25) is 21.7 Å². The minimum Gasteiger partial charge on any atom is -0.481 e. The Morgan fingerprint density at radius 2 is 1.83 bits per heavy atom. The molecule has 1 atom stereocenters. The molecule has 1 aliphatic rings. The first-order valence-electron chi connectivity index (χ1n) is 14.3. The lowest BCUT2D eigenvalue weighted by Crippen LogP contribution is -2.45. The molecule has 0 radical (unpaired) electrons. The van der Waals surface area contributed by atoms with Crippen LogP contribution in [0.5, 0.6) is 0 Å². The third-order valence-electron chi connectivity index (χ3n) is 7.84. The van der Waals surface area contributed by atoms with Gasteiger partial charge in [-0.3, -0.25) is 9.69 Å². The zero-order valence-electron chi connectivity index (χ0n) is 26.1. The van der Waals surface area contributed by atoms with Crippen LogP contribution >= 0.6 is 11.3 Å². The number of sulfonamides is 1. The molecule has 20 heteroatoms. The summed E-state index contributed by atoms with van der Waals surface area (Å²) in [7, 11) is -5.31. The van der Waals surface area contributed by atoms with E-state index < -0.39 is 92.7 Å². The number of nitrogens with zero attached hydrogens (tertiary/aromatic N) is 4. The van der Waals surface area contributed by atoms with Gasteiger partial charge >= 0.3 is 12.1 Å². The van der Waals surface area contributed by atoms with Crippen LogP contribution in [-0.4, -0.2) is 69.7 Å². The van der Waals surface area contributed by atoms with E-state index in [-0.39, 0.29) is 40.3 Å². The zero-order chi connectivity index (χ0) is 36.2. The summed E-state index contributed by atoms with van der Waals surface area (Å²) in [5, 5.41) is 13.1. The molecule has 0 amide bonds. The molecule has 2 aromatic heterocycles. The van der Waals surface area contributed by atoms with Gasteiger partial charge < -0.3 is 9.63 Å². The number of nitrogens with one attached hydrogen (secondary N) is 1. The number of thiazole rings is 1. The lowest BCUT2D eigenvalue weighted by molar-refractivity contribution is -0.151. The van der Waals surface area contributed by atoms with Crippen LogP contribution in [0.3, 0.4) is 0 Å². The molecule has 48 heavy (non-hydrogen) atoms. The number of aliphatic carboxylic acids is 1. The van der Waals surface area contributed by atoms with Crippen molar-refractivity contribution >= 4 is 27.3 Å². The Hall–Kier alpha value is -3.23. The van der Waals surface area contributed by atoms with E-state index in [0.717, 1.165) is 13.0 Å². The first-order valence-corrected chi connectivity index (χ1v) is 16.6. The van der Waals surface area contributed by atoms with Gasteiger partial charge in [0.05, 0.1) is 28.1 Å². The Kier molecular flexibility index (Phi) is 10.1. The van der Waals surface area contributed by atoms with Crippen LogP contribution < -0.4 is 4.72 Å². The number of hydrogen-bond acceptors (Lipinski definition) is 9. The Balaban J connectivity index is 1.86. The van der Waals surface area contributed by atoms with Crippen LogP contribution in [0.2, 0.25) is 0 Å². The number of carboxylic acid groups (broad SMARTS) is 1. The smallest absolute Gasteiger partial charge is 0.404 e. The molecule has 1 saturated heterocycles. The van der Waals surface area contributed by atoms with Crippen molar-refractivity contribution in [1.82, 2.24) is 24.7 Å². The summed E-state index contributed by atoms with van der Waals surface area (Å²) in [4.78, 5) is 19.7. The molecule has 0 aliphatic carbocycles. The lowest BCUT2D eigenvalue weighted by atomic mass is 9.90. The summed E-state index contributed by atoms with van der Waals surface area (Å²) in [6, 6.07) is -1.33. The van der Waals surface area contributed by atoms with Crippen molar-refractivity contribution in [3.8, 4) is 21.3 Å². The summed E-state index contributed by atoms with van der Waals surface area (Å²) in [6.07, 6.45) is -10.3. The van der Waals surface area contributed by atoms with Crippen LogP contribution in [0.25, 0.3) is 21.3 Å². The van der Waals surface area contributed by atoms with Gasteiger partial charge in [0.15, 0.2) is 10.8 Å². The minimum atomic E-state index is -5.31. The molecule has 4 rings (SSSR count). The van der Waals surface area contributed by atoms with Crippen molar-refractivity contribution in [2.75, 3.05) is 6.54 Å². The molecular weight excluding hydrogens is 702 g/mol. The van der Waals surface area contributed by atoms with E-state index in [1.165, 1.54) is 37.3 Å². The second-order valence-corrected chi connectivity index (χ2v) is 15.3. The summed E-state index contributed by atoms with van der Waals surface area (Å²) < 4.78 is 146. The van der Waals surface area contributed by atoms with E-state index >= 15 is 4.39 Å². The second kappa shape index (κ2) is 12.9. The van der Waals surface area contributed by atoms with E-state index in [1.54, 1.807) is 0 Å². The standard InChI is InChI=1S/C28H31F8N5O5S2/c1-6-16(28(34,35)36)40-48(44,45)15-8-7-13(18(19(15)29)21(30)31)20-14(10-41-12-27(32,33)11-26(41,4)5)37-23(47-20)22-38-17(46-39-22)9-25(2,3)24(42)43/h7-8,16,21,40H,6,9-12H2,1-5H3,(H,42,43). The predicted molar refractivity (Wildman–Crippen MR) is 155 cm³/mol. The van der Waals surface area contributed by atoms with Crippen molar-refractivity contribution in [2.45, 2.75) is 95.4 Å². The van der Waals surface area contributed by atoms with Crippen molar-refractivity contribution < 1.29 is 58.0 Å². The fourth-order valence-electron chi connectivity index (χ4n) is 5.20. The monoisotopic (exact) mass is 733 g/mol. The highest BCUT2D eigenvalue weighted by molar-refractivity contribution is 7.89. The van der Waals surface area contributed by atoms with E-state index in [1.807, 2.05) is 0 Å². The van der Waals surface area contributed by atoms with Gasteiger partial charge in [-0.2, -0.15) is 22.9 Å². The number of benzene rings is 1. The molecule has 266 valence electrons. The number of hydrogen-bond donors (Lipinski definition) is 2. The minimum absolute atomic E-state index is 0.109. The molecule has 10 nitrogen and oxygen atoms in total. The summed E-state index contributed by atoms with van der Waals surface area (Å²) >= 11 is 0.618. The molecule has 0 bridgehead atoms.